The molecule has 1 aliphatic heterocycles. The van der Waals surface area contributed by atoms with Crippen LogP contribution in [0, 0.1) is 0 Å². The van der Waals surface area contributed by atoms with E-state index in [1.165, 1.54) is 38.8 Å². The van der Waals surface area contributed by atoms with E-state index in [4.69, 9.17) is 16.3 Å². The summed E-state index contributed by atoms with van der Waals surface area (Å²) in [5.41, 5.74) is 2.12. The monoisotopic (exact) mass is 539 g/mol. The van der Waals surface area contributed by atoms with Crippen LogP contribution in [0.2, 0.25) is 5.02 Å². The predicted octanol–water partition coefficient (Wildman–Crippen LogP) is 5.35. The lowest BCUT2D eigenvalue weighted by molar-refractivity contribution is -0.113. The molecule has 0 spiro atoms. The van der Waals surface area contributed by atoms with Crippen LogP contribution in [0.3, 0.4) is 0 Å². The summed E-state index contributed by atoms with van der Waals surface area (Å²) in [6.07, 6.45) is 3.17. The highest BCUT2D eigenvalue weighted by atomic mass is 35.5. The zero-order valence-corrected chi connectivity index (χ0v) is 21.5. The van der Waals surface area contributed by atoms with Crippen molar-refractivity contribution in [3.8, 4) is 0 Å². The fourth-order valence-corrected chi connectivity index (χ4v) is 6.33. The number of amides is 1. The molecule has 0 saturated carbocycles. The molecular formula is C26H22ClN3O4S2. The number of aromatic nitrogens is 1. The second-order valence-corrected chi connectivity index (χ2v) is 11.4. The van der Waals surface area contributed by atoms with Gasteiger partial charge in [-0.15, -0.1) is 0 Å². The minimum atomic E-state index is -3.65. The van der Waals surface area contributed by atoms with Crippen LogP contribution in [0.4, 0.5) is 10.8 Å². The summed E-state index contributed by atoms with van der Waals surface area (Å²) >= 11 is 7.35. The van der Waals surface area contributed by atoms with Gasteiger partial charge in [-0.1, -0.05) is 47.2 Å². The summed E-state index contributed by atoms with van der Waals surface area (Å²) in [4.78, 5) is 19.7. The van der Waals surface area contributed by atoms with Crippen LogP contribution >= 0.6 is 22.9 Å². The highest BCUT2D eigenvalue weighted by molar-refractivity contribution is 7.89. The first kappa shape index (κ1) is 24.6. The molecule has 10 heteroatoms. The standard InChI is InChI=1S/C26H22ClN3O4S2/c27-20-8-5-19(6-9-20)7-14-25(31)30(26-28-23-3-1-2-4-24(23)35-26)21-10-12-22(13-11-21)36(32,33)29-15-17-34-18-16-29/h1-14H,15-18H2. The average Bonchev–Trinajstić information content (AvgIpc) is 3.33. The third-order valence-corrected chi connectivity index (χ3v) is 8.87. The highest BCUT2D eigenvalue weighted by Crippen LogP contribution is 2.34. The van der Waals surface area contributed by atoms with Crippen molar-refractivity contribution in [2.75, 3.05) is 31.2 Å². The molecule has 0 N–H and O–H groups in total. The highest BCUT2D eigenvalue weighted by Gasteiger charge is 2.27. The molecular weight excluding hydrogens is 518 g/mol. The number of benzene rings is 3. The summed E-state index contributed by atoms with van der Waals surface area (Å²) in [5, 5.41) is 1.10. The molecule has 5 rings (SSSR count). The zero-order valence-electron chi connectivity index (χ0n) is 19.1. The largest absolute Gasteiger partial charge is 0.379 e. The lowest BCUT2D eigenvalue weighted by Gasteiger charge is -2.26. The van der Waals surface area contributed by atoms with Gasteiger partial charge in [0.1, 0.15) is 0 Å². The maximum Gasteiger partial charge on any atom is 0.257 e. The smallest absolute Gasteiger partial charge is 0.257 e. The quantitative estimate of drug-likeness (QED) is 0.309. The molecule has 0 aliphatic carbocycles. The topological polar surface area (TPSA) is 79.8 Å². The minimum absolute atomic E-state index is 0.168. The maximum absolute atomic E-state index is 13.4. The van der Waals surface area contributed by atoms with Crippen molar-refractivity contribution in [3.63, 3.8) is 0 Å². The molecule has 1 fully saturated rings. The number of fused-ring (bicyclic) bond motifs is 1. The van der Waals surface area contributed by atoms with Crippen molar-refractivity contribution in [1.82, 2.24) is 9.29 Å². The predicted molar refractivity (Wildman–Crippen MR) is 143 cm³/mol. The van der Waals surface area contributed by atoms with Crippen LogP contribution in [0.15, 0.2) is 83.8 Å². The van der Waals surface area contributed by atoms with Gasteiger partial charge < -0.3 is 4.74 Å². The lowest BCUT2D eigenvalue weighted by atomic mass is 10.2. The summed E-state index contributed by atoms with van der Waals surface area (Å²) in [6, 6.07) is 21.1. The van der Waals surface area contributed by atoms with Gasteiger partial charge in [0.2, 0.25) is 10.0 Å². The normalized spacial score (nSPS) is 14.9. The number of nitrogens with zero attached hydrogens (tertiary/aromatic N) is 3. The van der Waals surface area contributed by atoms with Crippen LogP contribution in [-0.4, -0.2) is 49.9 Å². The lowest BCUT2D eigenvalue weighted by Crippen LogP contribution is -2.40. The Hall–Kier alpha value is -3.08. The molecule has 1 aliphatic rings. The Labute approximate surface area is 218 Å². The zero-order chi connectivity index (χ0) is 25.1. The molecule has 3 aromatic carbocycles. The van der Waals surface area contributed by atoms with E-state index >= 15 is 0 Å². The van der Waals surface area contributed by atoms with Crippen molar-refractivity contribution in [2.45, 2.75) is 4.90 Å². The molecule has 0 unspecified atom stereocenters. The number of morpholine rings is 1. The van der Waals surface area contributed by atoms with Crippen molar-refractivity contribution < 1.29 is 17.9 Å². The van der Waals surface area contributed by atoms with Gasteiger partial charge in [0, 0.05) is 24.2 Å². The number of sulfonamides is 1. The number of para-hydroxylation sites is 1. The Morgan fingerprint density at radius 1 is 1.00 bits per heavy atom. The van der Waals surface area contributed by atoms with Crippen LogP contribution in [0.25, 0.3) is 16.3 Å². The fourth-order valence-electron chi connectivity index (χ4n) is 3.81. The summed E-state index contributed by atoms with van der Waals surface area (Å²) < 4.78 is 33.7. The molecule has 0 bridgehead atoms. The average molecular weight is 540 g/mol. The van der Waals surface area contributed by atoms with Gasteiger partial charge in [0.05, 0.1) is 34.0 Å². The van der Waals surface area contributed by atoms with Gasteiger partial charge in [0.25, 0.3) is 5.91 Å². The molecule has 1 amide bonds. The van der Waals surface area contributed by atoms with Crippen molar-refractivity contribution in [3.05, 3.63) is 89.5 Å². The Bertz CT molecular complexity index is 1480. The molecule has 2 heterocycles. The number of ether oxygens (including phenoxy) is 1. The number of hydrogen-bond donors (Lipinski definition) is 0. The van der Waals surface area contributed by atoms with Gasteiger partial charge >= 0.3 is 0 Å². The molecule has 1 aromatic heterocycles. The maximum atomic E-state index is 13.4. The van der Waals surface area contributed by atoms with E-state index in [-0.39, 0.29) is 10.8 Å². The third-order valence-electron chi connectivity index (χ3n) is 5.69. The van der Waals surface area contributed by atoms with E-state index in [0.29, 0.717) is 42.1 Å². The van der Waals surface area contributed by atoms with Crippen LogP contribution < -0.4 is 4.90 Å². The van der Waals surface area contributed by atoms with E-state index < -0.39 is 10.0 Å². The molecule has 1 saturated heterocycles. The van der Waals surface area contributed by atoms with Gasteiger partial charge in [-0.3, -0.25) is 9.69 Å². The summed E-state index contributed by atoms with van der Waals surface area (Å²) in [6.45, 7) is 1.38. The van der Waals surface area contributed by atoms with Gasteiger partial charge in [0.15, 0.2) is 5.13 Å². The first-order valence-corrected chi connectivity index (χ1v) is 13.9. The number of thiazole rings is 1. The molecule has 0 atom stereocenters. The van der Waals surface area contributed by atoms with Crippen LogP contribution in [0.1, 0.15) is 5.56 Å². The summed E-state index contributed by atoms with van der Waals surface area (Å²) in [5.74, 6) is -0.312. The van der Waals surface area contributed by atoms with Crippen molar-refractivity contribution >= 4 is 66.0 Å². The first-order valence-electron chi connectivity index (χ1n) is 11.2. The number of anilines is 2. The van der Waals surface area contributed by atoms with Crippen LogP contribution in [0.5, 0.6) is 0 Å². The molecule has 7 nitrogen and oxygen atoms in total. The number of halogens is 1. The minimum Gasteiger partial charge on any atom is -0.379 e. The second-order valence-electron chi connectivity index (χ2n) is 8.03. The van der Waals surface area contributed by atoms with Gasteiger partial charge in [-0.25, -0.2) is 13.4 Å². The van der Waals surface area contributed by atoms with Crippen molar-refractivity contribution in [2.24, 2.45) is 0 Å². The molecule has 0 radical (unpaired) electrons. The second kappa shape index (κ2) is 10.5. The van der Waals surface area contributed by atoms with E-state index in [2.05, 4.69) is 4.98 Å². The Morgan fingerprint density at radius 2 is 1.69 bits per heavy atom. The Kier molecular flexibility index (Phi) is 7.17. The fraction of sp³-hybridized carbons (Fsp3) is 0.154. The summed E-state index contributed by atoms with van der Waals surface area (Å²) in [7, 11) is -3.65. The van der Waals surface area contributed by atoms with E-state index in [1.54, 1.807) is 30.3 Å². The van der Waals surface area contributed by atoms with Gasteiger partial charge in [-0.2, -0.15) is 4.31 Å². The van der Waals surface area contributed by atoms with Crippen LogP contribution in [-0.2, 0) is 19.6 Å². The molecule has 4 aromatic rings. The number of rotatable bonds is 6. The Balaban J connectivity index is 1.49. The third kappa shape index (κ3) is 5.21. The number of carbonyl (C=O) groups is 1. The molecule has 184 valence electrons. The number of hydrogen-bond acceptors (Lipinski definition) is 6. The SMILES string of the molecule is O=C(C=Cc1ccc(Cl)cc1)N(c1ccc(S(=O)(=O)N2CCOCC2)cc1)c1nc2ccccc2s1. The van der Waals surface area contributed by atoms with E-state index in [9.17, 15) is 13.2 Å². The first-order chi connectivity index (χ1) is 17.4. The Morgan fingerprint density at radius 3 is 2.39 bits per heavy atom. The number of carbonyl (C=O) groups excluding carboxylic acids is 1. The van der Waals surface area contributed by atoms with E-state index in [0.717, 1.165) is 15.8 Å². The van der Waals surface area contributed by atoms with Gasteiger partial charge in [-0.05, 0) is 60.2 Å². The van der Waals surface area contributed by atoms with Crippen molar-refractivity contribution in [1.29, 1.82) is 0 Å². The van der Waals surface area contributed by atoms with E-state index in [1.807, 2.05) is 36.4 Å². The molecule has 36 heavy (non-hydrogen) atoms.